The lowest BCUT2D eigenvalue weighted by Gasteiger charge is -2.12. The van der Waals surface area contributed by atoms with Gasteiger partial charge in [0, 0.05) is 0 Å². The summed E-state index contributed by atoms with van der Waals surface area (Å²) in [5.41, 5.74) is -1.69. The van der Waals surface area contributed by atoms with E-state index in [2.05, 4.69) is 15.1 Å². The molecule has 1 N–H and O–H groups in total. The quantitative estimate of drug-likeness (QED) is 0.271. The predicted octanol–water partition coefficient (Wildman–Crippen LogP) is 6.12. The van der Waals surface area contributed by atoms with Gasteiger partial charge in [-0.1, -0.05) is 29.4 Å². The van der Waals surface area contributed by atoms with Crippen molar-refractivity contribution >= 4 is 11.9 Å². The molecule has 0 saturated heterocycles. The number of oxime groups is 2. The first-order chi connectivity index (χ1) is 13.9. The van der Waals surface area contributed by atoms with Crippen LogP contribution >= 0.6 is 0 Å². The van der Waals surface area contributed by atoms with Gasteiger partial charge in [-0.3, -0.25) is 0 Å². The molecule has 0 aliphatic heterocycles. The third kappa shape index (κ3) is 7.72. The Hall–Kier alpha value is -3.11. The third-order valence-electron chi connectivity index (χ3n) is 3.53. The first-order valence-corrected chi connectivity index (χ1v) is 8.25. The summed E-state index contributed by atoms with van der Waals surface area (Å²) in [5, 5.41) is 14.3. The molecule has 0 fully saturated rings. The number of nitrogens with zero attached hydrogens (tertiary/aromatic N) is 2. The zero-order valence-electron chi connectivity index (χ0n) is 15.7. The highest BCUT2D eigenvalue weighted by molar-refractivity contribution is 5.99. The molecule has 0 aromatic heterocycles. The van der Waals surface area contributed by atoms with E-state index >= 15 is 0 Å². The molecule has 0 aliphatic rings. The molecule has 0 bridgehead atoms. The average Bonchev–Trinajstić information content (AvgIpc) is 2.66. The topological polar surface area (TPSA) is 54.2 Å². The average molecular weight is 438 g/mol. The number of halogens is 7. The van der Waals surface area contributed by atoms with Crippen LogP contribution in [0.15, 0.2) is 52.8 Å². The first kappa shape index (κ1) is 24.9. The van der Waals surface area contributed by atoms with E-state index in [-0.39, 0.29) is 11.9 Å². The van der Waals surface area contributed by atoms with E-state index in [0.29, 0.717) is 18.3 Å². The van der Waals surface area contributed by atoms with Crippen molar-refractivity contribution in [2.45, 2.75) is 25.7 Å². The van der Waals surface area contributed by atoms with Crippen molar-refractivity contribution < 1.29 is 40.8 Å². The number of rotatable bonds is 4. The van der Waals surface area contributed by atoms with Gasteiger partial charge in [0.25, 0.3) is 0 Å². The summed E-state index contributed by atoms with van der Waals surface area (Å²) in [7, 11) is 1.50. The summed E-state index contributed by atoms with van der Waals surface area (Å²) in [6.07, 6.45) is -8.55. The van der Waals surface area contributed by atoms with Gasteiger partial charge >= 0.3 is 12.4 Å². The molecule has 11 heteroatoms. The van der Waals surface area contributed by atoms with Crippen molar-refractivity contribution in [3.05, 3.63) is 70.5 Å². The fourth-order valence-electron chi connectivity index (χ4n) is 2.19. The Kier molecular flexibility index (Phi) is 8.81. The van der Waals surface area contributed by atoms with Crippen LogP contribution in [0, 0.1) is 5.82 Å². The van der Waals surface area contributed by atoms with E-state index < -0.39 is 29.0 Å². The van der Waals surface area contributed by atoms with Gasteiger partial charge in [-0.05, 0) is 47.9 Å². The molecule has 0 unspecified atom stereocenters. The maximum Gasteiger partial charge on any atom is 0.416 e. The van der Waals surface area contributed by atoms with Gasteiger partial charge in [-0.15, -0.1) is 0 Å². The lowest BCUT2D eigenvalue weighted by molar-refractivity contribution is -0.143. The monoisotopic (exact) mass is 438 g/mol. The molecular formula is C19H17F7N2O2. The molecular weight excluding hydrogens is 421 g/mol. The van der Waals surface area contributed by atoms with E-state index in [1.54, 1.807) is 12.1 Å². The summed E-state index contributed by atoms with van der Waals surface area (Å²) >= 11 is 0. The second-order valence-corrected chi connectivity index (χ2v) is 5.66. The van der Waals surface area contributed by atoms with Gasteiger partial charge in [0.1, 0.15) is 12.9 Å². The molecule has 2 aromatic carbocycles. The van der Waals surface area contributed by atoms with Crippen LogP contribution in [0.4, 0.5) is 30.7 Å². The third-order valence-corrected chi connectivity index (χ3v) is 3.53. The van der Waals surface area contributed by atoms with E-state index in [0.717, 1.165) is 17.7 Å². The molecule has 30 heavy (non-hydrogen) atoms. The number of hydrogen-bond donors (Lipinski definition) is 1. The molecule has 2 aromatic rings. The number of alkyl halides is 6. The Labute approximate surface area is 167 Å². The molecule has 0 saturated carbocycles. The van der Waals surface area contributed by atoms with Crippen LogP contribution in [0.1, 0.15) is 35.6 Å². The zero-order valence-corrected chi connectivity index (χ0v) is 15.7. The van der Waals surface area contributed by atoms with E-state index in [1.807, 2.05) is 6.92 Å². The van der Waals surface area contributed by atoms with Crippen LogP contribution in [-0.2, 0) is 17.2 Å². The van der Waals surface area contributed by atoms with Gasteiger partial charge < -0.3 is 10.0 Å². The minimum Gasteiger partial charge on any atom is -0.411 e. The van der Waals surface area contributed by atoms with Crippen LogP contribution in [0.25, 0.3) is 0 Å². The van der Waals surface area contributed by atoms with Crippen LogP contribution in [0.3, 0.4) is 0 Å². The highest BCUT2D eigenvalue weighted by Crippen LogP contribution is 2.35. The van der Waals surface area contributed by atoms with Crippen LogP contribution in [-0.4, -0.2) is 24.2 Å². The molecule has 0 spiro atoms. The van der Waals surface area contributed by atoms with E-state index in [4.69, 9.17) is 5.21 Å². The number of hydrogen-bond acceptors (Lipinski definition) is 4. The summed E-state index contributed by atoms with van der Waals surface area (Å²) in [6, 6.07) is 7.11. The summed E-state index contributed by atoms with van der Waals surface area (Å²) in [5.74, 6) is -0.239. The van der Waals surface area contributed by atoms with Crippen molar-refractivity contribution in [2.24, 2.45) is 10.3 Å². The van der Waals surface area contributed by atoms with E-state index in [1.165, 1.54) is 19.2 Å². The molecule has 2 rings (SSSR count). The van der Waals surface area contributed by atoms with E-state index in [9.17, 15) is 30.7 Å². The SMILES string of the molecule is CCC(=NOC)c1ccc(F)cc1.ON=Cc1cc(C(F)(F)F)cc(C(F)(F)F)c1. The normalized spacial score (nSPS) is 12.5. The van der Waals surface area contributed by atoms with Gasteiger partial charge in [0.2, 0.25) is 0 Å². The highest BCUT2D eigenvalue weighted by Gasteiger charge is 2.36. The Morgan fingerprint density at radius 1 is 0.967 bits per heavy atom. The van der Waals surface area contributed by atoms with Gasteiger partial charge in [-0.2, -0.15) is 26.3 Å². The first-order valence-electron chi connectivity index (χ1n) is 8.25. The highest BCUT2D eigenvalue weighted by atomic mass is 19.4. The predicted molar refractivity (Wildman–Crippen MR) is 96.1 cm³/mol. The number of benzene rings is 2. The maximum absolute atomic E-state index is 12.6. The second-order valence-electron chi connectivity index (χ2n) is 5.66. The Bertz CT molecular complexity index is 842. The van der Waals surface area contributed by atoms with Crippen LogP contribution in [0.5, 0.6) is 0 Å². The van der Waals surface area contributed by atoms with Gasteiger partial charge in [0.05, 0.1) is 23.1 Å². The Morgan fingerprint density at radius 2 is 1.47 bits per heavy atom. The fourth-order valence-corrected chi connectivity index (χ4v) is 2.19. The fraction of sp³-hybridized carbons (Fsp3) is 0.263. The summed E-state index contributed by atoms with van der Waals surface area (Å²) in [4.78, 5) is 4.67. The standard InChI is InChI=1S/C10H12FNO.C9H5F6NO/c1-3-10(12-13-2)8-4-6-9(11)7-5-8;10-8(11,12)6-1-5(4-16-17)2-7(3-6)9(13,14)15/h4-7H,3H2,1-2H3;1-4,17H. The maximum atomic E-state index is 12.6. The van der Waals surface area contributed by atoms with Crippen LogP contribution < -0.4 is 0 Å². The van der Waals surface area contributed by atoms with Crippen molar-refractivity contribution in [1.82, 2.24) is 0 Å². The van der Waals surface area contributed by atoms with Crippen molar-refractivity contribution in [2.75, 3.05) is 7.11 Å². The Balaban J connectivity index is 0.000000311. The lowest BCUT2D eigenvalue weighted by Crippen LogP contribution is -2.11. The largest absolute Gasteiger partial charge is 0.416 e. The van der Waals surface area contributed by atoms with Crippen molar-refractivity contribution in [3.63, 3.8) is 0 Å². The molecule has 0 heterocycles. The second kappa shape index (κ2) is 10.6. The van der Waals surface area contributed by atoms with Crippen LogP contribution in [0.2, 0.25) is 0 Å². The Morgan fingerprint density at radius 3 is 1.83 bits per heavy atom. The summed E-state index contributed by atoms with van der Waals surface area (Å²) in [6.45, 7) is 1.97. The molecule has 164 valence electrons. The van der Waals surface area contributed by atoms with Gasteiger partial charge in [-0.25, -0.2) is 4.39 Å². The zero-order chi connectivity index (χ0) is 22.9. The lowest BCUT2D eigenvalue weighted by atomic mass is 10.1. The molecule has 0 radical (unpaired) electrons. The van der Waals surface area contributed by atoms with Crippen molar-refractivity contribution in [3.8, 4) is 0 Å². The molecule has 4 nitrogen and oxygen atoms in total. The van der Waals surface area contributed by atoms with Crippen molar-refractivity contribution in [1.29, 1.82) is 0 Å². The summed E-state index contributed by atoms with van der Waals surface area (Å²) < 4.78 is 86.4. The van der Waals surface area contributed by atoms with Gasteiger partial charge in [0.15, 0.2) is 0 Å². The molecule has 0 amide bonds. The minimum absolute atomic E-state index is 0.00524. The molecule has 0 atom stereocenters. The smallest absolute Gasteiger partial charge is 0.411 e. The minimum atomic E-state index is -4.90. The molecule has 0 aliphatic carbocycles.